The summed E-state index contributed by atoms with van der Waals surface area (Å²) >= 11 is 0. The van der Waals surface area contributed by atoms with Gasteiger partial charge in [0.2, 0.25) is 5.91 Å². The molecule has 0 aliphatic carbocycles. The monoisotopic (exact) mass is 531 g/mol. The molecule has 1 aliphatic rings. The number of carbonyl (C=O) groups is 1. The van der Waals surface area contributed by atoms with Crippen molar-refractivity contribution in [2.75, 3.05) is 54.4 Å². The minimum atomic E-state index is 0. The fraction of sp³-hybridized carbons (Fsp3) is 0.636. The van der Waals surface area contributed by atoms with Gasteiger partial charge < -0.3 is 19.9 Å². The second-order valence-corrected chi connectivity index (χ2v) is 7.72. The summed E-state index contributed by atoms with van der Waals surface area (Å²) in [4.78, 5) is 23.3. The fourth-order valence-corrected chi connectivity index (χ4v) is 3.68. The number of likely N-dealkylation sites (N-methyl/N-ethyl adjacent to an activating group) is 1. The van der Waals surface area contributed by atoms with Gasteiger partial charge >= 0.3 is 0 Å². The summed E-state index contributed by atoms with van der Waals surface area (Å²) in [6.45, 7) is 6.35. The van der Waals surface area contributed by atoms with Crippen LogP contribution in [-0.2, 0) is 11.3 Å². The minimum absolute atomic E-state index is 0. The number of halogens is 1. The van der Waals surface area contributed by atoms with E-state index in [1.165, 1.54) is 5.56 Å². The van der Waals surface area contributed by atoms with Gasteiger partial charge in [-0.3, -0.25) is 14.7 Å². The molecule has 1 amide bonds. The van der Waals surface area contributed by atoms with Crippen molar-refractivity contribution in [3.63, 3.8) is 0 Å². The van der Waals surface area contributed by atoms with Crippen molar-refractivity contribution in [2.24, 2.45) is 4.99 Å². The maximum absolute atomic E-state index is 12.3. The van der Waals surface area contributed by atoms with Gasteiger partial charge in [0, 0.05) is 47.3 Å². The molecule has 0 radical (unpaired) electrons. The van der Waals surface area contributed by atoms with Gasteiger partial charge in [0.1, 0.15) is 5.75 Å². The molecule has 0 saturated carbocycles. The highest BCUT2D eigenvalue weighted by molar-refractivity contribution is 14.0. The molecule has 0 aromatic heterocycles. The largest absolute Gasteiger partial charge is 0.497 e. The van der Waals surface area contributed by atoms with Gasteiger partial charge in [-0.1, -0.05) is 12.1 Å². The summed E-state index contributed by atoms with van der Waals surface area (Å²) in [5.41, 5.74) is 1.21. The van der Waals surface area contributed by atoms with Crippen molar-refractivity contribution < 1.29 is 9.53 Å². The number of nitrogens with one attached hydrogen (secondary N) is 1. The van der Waals surface area contributed by atoms with Gasteiger partial charge in [-0.25, -0.2) is 0 Å². The molecule has 1 fully saturated rings. The molecule has 170 valence electrons. The first-order valence-electron chi connectivity index (χ1n) is 10.5. The Morgan fingerprint density at radius 3 is 2.57 bits per heavy atom. The zero-order chi connectivity index (χ0) is 21.2. The van der Waals surface area contributed by atoms with Crippen molar-refractivity contribution >= 4 is 35.8 Å². The lowest BCUT2D eigenvalue weighted by Crippen LogP contribution is -2.43. The molecule has 1 heterocycles. The number of methoxy groups -OCH3 is 1. The predicted molar refractivity (Wildman–Crippen MR) is 134 cm³/mol. The number of aliphatic imine (C=N–C) groups is 1. The zero-order valence-corrected chi connectivity index (χ0v) is 21.4. The van der Waals surface area contributed by atoms with Crippen LogP contribution in [0.25, 0.3) is 0 Å². The van der Waals surface area contributed by atoms with Crippen molar-refractivity contribution in [1.29, 1.82) is 0 Å². The molecular formula is C22H38IN5O2. The van der Waals surface area contributed by atoms with E-state index in [2.05, 4.69) is 41.2 Å². The van der Waals surface area contributed by atoms with Crippen molar-refractivity contribution in [2.45, 2.75) is 38.8 Å². The third-order valence-electron chi connectivity index (χ3n) is 5.23. The molecule has 1 aliphatic heterocycles. The first-order valence-corrected chi connectivity index (χ1v) is 10.5. The van der Waals surface area contributed by atoms with Crippen LogP contribution in [0, 0.1) is 0 Å². The van der Waals surface area contributed by atoms with E-state index >= 15 is 0 Å². The quantitative estimate of drug-likeness (QED) is 0.230. The SMILES string of the molecule is CCNC(=NCCCN1CCCC1C(=O)N(C)C)N(C)Cc1ccc(OC)cc1.I. The molecule has 1 aromatic carbocycles. The molecule has 1 aromatic rings. The zero-order valence-electron chi connectivity index (χ0n) is 19.1. The van der Waals surface area contributed by atoms with Gasteiger partial charge in [0.15, 0.2) is 5.96 Å². The molecule has 30 heavy (non-hydrogen) atoms. The molecule has 1 N–H and O–H groups in total. The molecule has 0 bridgehead atoms. The van der Waals surface area contributed by atoms with E-state index in [0.29, 0.717) is 0 Å². The molecule has 8 heteroatoms. The highest BCUT2D eigenvalue weighted by atomic mass is 127. The Balaban J connectivity index is 0.00000450. The van der Waals surface area contributed by atoms with E-state index in [9.17, 15) is 4.79 Å². The summed E-state index contributed by atoms with van der Waals surface area (Å²) in [6, 6.07) is 8.16. The lowest BCUT2D eigenvalue weighted by atomic mass is 10.2. The molecule has 7 nitrogen and oxygen atoms in total. The number of likely N-dealkylation sites (tertiary alicyclic amines) is 1. The lowest BCUT2D eigenvalue weighted by molar-refractivity contribution is -0.133. The van der Waals surface area contributed by atoms with Crippen LogP contribution >= 0.6 is 24.0 Å². The van der Waals surface area contributed by atoms with Crippen molar-refractivity contribution in [1.82, 2.24) is 20.0 Å². The Hall–Kier alpha value is -1.55. The van der Waals surface area contributed by atoms with E-state index < -0.39 is 0 Å². The number of amides is 1. The Morgan fingerprint density at radius 2 is 1.97 bits per heavy atom. The van der Waals surface area contributed by atoms with Crippen LogP contribution in [0.15, 0.2) is 29.3 Å². The topological polar surface area (TPSA) is 60.4 Å². The summed E-state index contributed by atoms with van der Waals surface area (Å²) < 4.78 is 5.23. The summed E-state index contributed by atoms with van der Waals surface area (Å²) in [6.07, 6.45) is 3.01. The predicted octanol–water partition coefficient (Wildman–Crippen LogP) is 2.65. The Labute approximate surface area is 198 Å². The average molecular weight is 531 g/mol. The smallest absolute Gasteiger partial charge is 0.239 e. The van der Waals surface area contributed by atoms with E-state index in [-0.39, 0.29) is 35.9 Å². The Kier molecular flexibility index (Phi) is 12.1. The summed E-state index contributed by atoms with van der Waals surface area (Å²) in [5.74, 6) is 1.99. The first-order chi connectivity index (χ1) is 14.0. The first kappa shape index (κ1) is 26.5. The van der Waals surface area contributed by atoms with E-state index in [4.69, 9.17) is 9.73 Å². The number of guanidine groups is 1. The van der Waals surface area contributed by atoms with Gasteiger partial charge in [0.05, 0.1) is 13.2 Å². The third kappa shape index (κ3) is 7.94. The molecule has 1 saturated heterocycles. The van der Waals surface area contributed by atoms with Gasteiger partial charge in [0.25, 0.3) is 0 Å². The summed E-state index contributed by atoms with van der Waals surface area (Å²) in [5, 5.41) is 3.37. The Bertz CT molecular complexity index is 666. The second kappa shape index (κ2) is 13.7. The average Bonchev–Trinajstić information content (AvgIpc) is 3.18. The van der Waals surface area contributed by atoms with E-state index in [0.717, 1.165) is 63.7 Å². The number of carbonyl (C=O) groups excluding carboxylic acids is 1. The maximum Gasteiger partial charge on any atom is 0.239 e. The van der Waals surface area contributed by atoms with E-state index in [1.807, 2.05) is 26.2 Å². The highest BCUT2D eigenvalue weighted by Crippen LogP contribution is 2.19. The van der Waals surface area contributed by atoms with Gasteiger partial charge in [-0.15, -0.1) is 24.0 Å². The van der Waals surface area contributed by atoms with Crippen LogP contribution in [0.4, 0.5) is 0 Å². The van der Waals surface area contributed by atoms with Gasteiger partial charge in [-0.05, 0) is 50.4 Å². The number of benzene rings is 1. The lowest BCUT2D eigenvalue weighted by Gasteiger charge is -2.26. The van der Waals surface area contributed by atoms with Crippen LogP contribution in [0.1, 0.15) is 31.7 Å². The number of rotatable bonds is 9. The molecule has 0 spiro atoms. The van der Waals surface area contributed by atoms with Crippen LogP contribution in [0.2, 0.25) is 0 Å². The molecule has 1 unspecified atom stereocenters. The van der Waals surface area contributed by atoms with Crippen LogP contribution in [-0.4, -0.2) is 87.0 Å². The van der Waals surface area contributed by atoms with Crippen LogP contribution in [0.3, 0.4) is 0 Å². The normalized spacial score (nSPS) is 16.7. The fourth-order valence-electron chi connectivity index (χ4n) is 3.68. The second-order valence-electron chi connectivity index (χ2n) is 7.72. The standard InChI is InChI=1S/C22H37N5O2.HI/c1-6-23-22(26(4)17-18-10-12-19(29-5)13-11-18)24-14-8-16-27-15-7-9-20(27)21(28)25(2)3;/h10-13,20H,6-9,14-17H2,1-5H3,(H,23,24);1H. The Morgan fingerprint density at radius 1 is 1.27 bits per heavy atom. The number of nitrogens with zero attached hydrogens (tertiary/aromatic N) is 4. The van der Waals surface area contributed by atoms with Crippen LogP contribution < -0.4 is 10.1 Å². The van der Waals surface area contributed by atoms with Crippen molar-refractivity contribution in [3.8, 4) is 5.75 Å². The van der Waals surface area contributed by atoms with Gasteiger partial charge in [-0.2, -0.15) is 0 Å². The third-order valence-corrected chi connectivity index (χ3v) is 5.23. The highest BCUT2D eigenvalue weighted by Gasteiger charge is 2.30. The maximum atomic E-state index is 12.3. The van der Waals surface area contributed by atoms with E-state index in [1.54, 1.807) is 12.0 Å². The minimum Gasteiger partial charge on any atom is -0.497 e. The van der Waals surface area contributed by atoms with Crippen molar-refractivity contribution in [3.05, 3.63) is 29.8 Å². The van der Waals surface area contributed by atoms with Crippen LogP contribution in [0.5, 0.6) is 5.75 Å². The molecule has 1 atom stereocenters. The number of ether oxygens (including phenoxy) is 1. The number of hydrogen-bond acceptors (Lipinski definition) is 4. The summed E-state index contributed by atoms with van der Waals surface area (Å²) in [7, 11) is 7.41. The molecular weight excluding hydrogens is 493 g/mol. The molecule has 2 rings (SSSR count). The number of hydrogen-bond donors (Lipinski definition) is 1.